The fraction of sp³-hybridized carbons (Fsp3) is 1.00. The summed E-state index contributed by atoms with van der Waals surface area (Å²) in [5.74, 6) is 0.564. The average Bonchev–Trinajstić information content (AvgIpc) is 2.53. The van der Waals surface area contributed by atoms with Crippen LogP contribution >= 0.6 is 0 Å². The predicted molar refractivity (Wildman–Crippen MR) is 61.8 cm³/mol. The van der Waals surface area contributed by atoms with Crippen LogP contribution in [0.3, 0.4) is 0 Å². The summed E-state index contributed by atoms with van der Waals surface area (Å²) in [4.78, 5) is 0. The maximum Gasteiger partial charge on any atom is 0.0771 e. The summed E-state index contributed by atoms with van der Waals surface area (Å²) in [6.07, 6.45) is 1.24. The molecule has 1 saturated heterocycles. The Labute approximate surface area is 93.3 Å². The Hall–Kier alpha value is -0.120. The van der Waals surface area contributed by atoms with Gasteiger partial charge in [-0.3, -0.25) is 0 Å². The lowest BCUT2D eigenvalue weighted by Crippen LogP contribution is -2.44. The van der Waals surface area contributed by atoms with Crippen LogP contribution in [0, 0.1) is 11.3 Å². The van der Waals surface area contributed by atoms with Crippen molar-refractivity contribution in [2.75, 3.05) is 19.8 Å². The third kappa shape index (κ3) is 4.09. The van der Waals surface area contributed by atoms with Gasteiger partial charge in [-0.2, -0.15) is 0 Å². The van der Waals surface area contributed by atoms with Gasteiger partial charge in [0.2, 0.25) is 0 Å². The Kier molecular flexibility index (Phi) is 4.56. The third-order valence-electron chi connectivity index (χ3n) is 2.87. The summed E-state index contributed by atoms with van der Waals surface area (Å²) in [7, 11) is 0. The molecule has 2 N–H and O–H groups in total. The number of nitrogens with two attached hydrogens (primary N) is 1. The van der Waals surface area contributed by atoms with Crippen LogP contribution in [0.5, 0.6) is 0 Å². The quantitative estimate of drug-likeness (QED) is 0.777. The minimum absolute atomic E-state index is 0.0762. The smallest absolute Gasteiger partial charge is 0.0771 e. The van der Waals surface area contributed by atoms with Gasteiger partial charge in [-0.25, -0.2) is 0 Å². The van der Waals surface area contributed by atoms with Crippen molar-refractivity contribution in [1.82, 2.24) is 0 Å². The van der Waals surface area contributed by atoms with Crippen molar-refractivity contribution in [3.63, 3.8) is 0 Å². The van der Waals surface area contributed by atoms with Crippen LogP contribution in [0.4, 0.5) is 0 Å². The second kappa shape index (κ2) is 5.28. The molecule has 0 amide bonds. The Morgan fingerprint density at radius 1 is 1.47 bits per heavy atom. The highest BCUT2D eigenvalue weighted by molar-refractivity contribution is 4.82. The standard InChI is InChI=1S/C12H25NO2/c1-9(13)11(12(2,3)4)15-8-10-5-6-14-7-10/h9-11H,5-8,13H2,1-4H3. The minimum Gasteiger partial charge on any atom is -0.381 e. The molecule has 0 aliphatic carbocycles. The molecular weight excluding hydrogens is 190 g/mol. The van der Waals surface area contributed by atoms with Crippen molar-refractivity contribution < 1.29 is 9.47 Å². The Balaban J connectivity index is 2.37. The van der Waals surface area contributed by atoms with E-state index in [1.807, 2.05) is 6.92 Å². The van der Waals surface area contributed by atoms with E-state index >= 15 is 0 Å². The molecule has 1 aliphatic rings. The van der Waals surface area contributed by atoms with E-state index in [2.05, 4.69) is 20.8 Å². The van der Waals surface area contributed by atoms with Gasteiger partial charge in [0.25, 0.3) is 0 Å². The van der Waals surface area contributed by atoms with E-state index in [4.69, 9.17) is 15.2 Å². The van der Waals surface area contributed by atoms with Gasteiger partial charge in [-0.15, -0.1) is 0 Å². The maximum atomic E-state index is 5.95. The third-order valence-corrected chi connectivity index (χ3v) is 2.87. The van der Waals surface area contributed by atoms with Gasteiger partial charge in [0.1, 0.15) is 0 Å². The first kappa shape index (κ1) is 12.9. The van der Waals surface area contributed by atoms with Crippen LogP contribution in [0.15, 0.2) is 0 Å². The largest absolute Gasteiger partial charge is 0.381 e. The van der Waals surface area contributed by atoms with E-state index < -0.39 is 0 Å². The topological polar surface area (TPSA) is 44.5 Å². The van der Waals surface area contributed by atoms with E-state index in [-0.39, 0.29) is 17.6 Å². The molecule has 3 atom stereocenters. The number of rotatable bonds is 4. The summed E-state index contributed by atoms with van der Waals surface area (Å²) >= 11 is 0. The van der Waals surface area contributed by atoms with Gasteiger partial charge in [0.15, 0.2) is 0 Å². The van der Waals surface area contributed by atoms with Crippen molar-refractivity contribution in [1.29, 1.82) is 0 Å². The highest BCUT2D eigenvalue weighted by Crippen LogP contribution is 2.25. The molecular formula is C12H25NO2. The number of ether oxygens (including phenoxy) is 2. The van der Waals surface area contributed by atoms with Gasteiger partial charge >= 0.3 is 0 Å². The van der Waals surface area contributed by atoms with Crippen molar-refractivity contribution in [2.45, 2.75) is 46.3 Å². The monoisotopic (exact) mass is 215 g/mol. The molecule has 0 aromatic rings. The molecule has 3 heteroatoms. The van der Waals surface area contributed by atoms with Gasteiger partial charge in [-0.1, -0.05) is 20.8 Å². The van der Waals surface area contributed by atoms with Crippen molar-refractivity contribution in [3.8, 4) is 0 Å². The van der Waals surface area contributed by atoms with E-state index in [9.17, 15) is 0 Å². The van der Waals surface area contributed by atoms with Gasteiger partial charge in [0.05, 0.1) is 19.3 Å². The van der Waals surface area contributed by atoms with E-state index in [1.165, 1.54) is 0 Å². The zero-order chi connectivity index (χ0) is 11.5. The first-order valence-electron chi connectivity index (χ1n) is 5.86. The van der Waals surface area contributed by atoms with Gasteiger partial charge in [0, 0.05) is 18.6 Å². The fourth-order valence-corrected chi connectivity index (χ4v) is 2.14. The van der Waals surface area contributed by atoms with Crippen molar-refractivity contribution >= 4 is 0 Å². The highest BCUT2D eigenvalue weighted by Gasteiger charge is 2.30. The van der Waals surface area contributed by atoms with E-state index in [1.54, 1.807) is 0 Å². The van der Waals surface area contributed by atoms with E-state index in [0.29, 0.717) is 5.92 Å². The van der Waals surface area contributed by atoms with Crippen LogP contribution in [0.1, 0.15) is 34.1 Å². The lowest BCUT2D eigenvalue weighted by Gasteiger charge is -2.34. The molecule has 3 unspecified atom stereocenters. The van der Waals surface area contributed by atoms with Crippen molar-refractivity contribution in [2.24, 2.45) is 17.1 Å². The zero-order valence-corrected chi connectivity index (χ0v) is 10.5. The molecule has 0 aromatic heterocycles. The zero-order valence-electron chi connectivity index (χ0n) is 10.5. The molecule has 0 spiro atoms. The molecule has 0 radical (unpaired) electrons. The molecule has 1 fully saturated rings. The molecule has 0 aromatic carbocycles. The second-order valence-electron chi connectivity index (χ2n) is 5.71. The molecule has 1 heterocycles. The van der Waals surface area contributed by atoms with Crippen LogP contribution in [-0.2, 0) is 9.47 Å². The summed E-state index contributed by atoms with van der Waals surface area (Å²) in [5, 5.41) is 0. The molecule has 1 rings (SSSR count). The summed E-state index contributed by atoms with van der Waals surface area (Å²) < 4.78 is 11.3. The Bertz CT molecular complexity index is 181. The van der Waals surface area contributed by atoms with Gasteiger partial charge in [-0.05, 0) is 18.8 Å². The summed E-state index contributed by atoms with van der Waals surface area (Å²) in [5.41, 5.74) is 6.06. The SMILES string of the molecule is CC(N)C(OCC1CCOC1)C(C)(C)C. The first-order valence-corrected chi connectivity index (χ1v) is 5.86. The molecule has 15 heavy (non-hydrogen) atoms. The van der Waals surface area contributed by atoms with Crippen LogP contribution < -0.4 is 5.73 Å². The van der Waals surface area contributed by atoms with Gasteiger partial charge < -0.3 is 15.2 Å². The average molecular weight is 215 g/mol. The second-order valence-corrected chi connectivity index (χ2v) is 5.71. The first-order chi connectivity index (χ1) is 6.91. The fourth-order valence-electron chi connectivity index (χ4n) is 2.14. The lowest BCUT2D eigenvalue weighted by molar-refractivity contribution is -0.0453. The summed E-state index contributed by atoms with van der Waals surface area (Å²) in [6, 6.07) is 0.0762. The number of hydrogen-bond donors (Lipinski definition) is 1. The van der Waals surface area contributed by atoms with E-state index in [0.717, 1.165) is 26.2 Å². The molecule has 0 saturated carbocycles. The molecule has 90 valence electrons. The molecule has 1 aliphatic heterocycles. The Morgan fingerprint density at radius 2 is 2.13 bits per heavy atom. The molecule has 0 bridgehead atoms. The van der Waals surface area contributed by atoms with Crippen LogP contribution in [0.2, 0.25) is 0 Å². The van der Waals surface area contributed by atoms with Crippen molar-refractivity contribution in [3.05, 3.63) is 0 Å². The van der Waals surface area contributed by atoms with Crippen LogP contribution in [-0.4, -0.2) is 32.0 Å². The summed E-state index contributed by atoms with van der Waals surface area (Å²) in [6.45, 7) is 11.0. The molecule has 3 nitrogen and oxygen atoms in total. The van der Waals surface area contributed by atoms with Crippen LogP contribution in [0.25, 0.3) is 0 Å². The Morgan fingerprint density at radius 3 is 2.53 bits per heavy atom. The normalized spacial score (nSPS) is 26.6. The lowest BCUT2D eigenvalue weighted by atomic mass is 9.85. The maximum absolute atomic E-state index is 5.95. The number of hydrogen-bond acceptors (Lipinski definition) is 3. The predicted octanol–water partition coefficient (Wildman–Crippen LogP) is 1.80. The highest BCUT2D eigenvalue weighted by atomic mass is 16.5. The minimum atomic E-state index is 0.0762.